The van der Waals surface area contributed by atoms with E-state index < -0.39 is 0 Å². The molecule has 1 aliphatic heterocycles. The first kappa shape index (κ1) is 22.9. The van der Waals surface area contributed by atoms with Crippen LogP contribution >= 0.6 is 0 Å². The highest BCUT2D eigenvalue weighted by Gasteiger charge is 2.25. The second-order valence-corrected chi connectivity index (χ2v) is 8.38. The number of ether oxygens (including phenoxy) is 1. The summed E-state index contributed by atoms with van der Waals surface area (Å²) < 4.78 is 5.65. The van der Waals surface area contributed by atoms with Gasteiger partial charge in [0.1, 0.15) is 18.2 Å². The van der Waals surface area contributed by atoms with E-state index in [1.54, 1.807) is 0 Å². The van der Waals surface area contributed by atoms with Gasteiger partial charge in [0.05, 0.1) is 6.61 Å². The molecular weight excluding hydrogens is 412 g/mol. The predicted octanol–water partition coefficient (Wildman–Crippen LogP) is 3.80. The maximum atomic E-state index is 12.7. The van der Waals surface area contributed by atoms with E-state index in [1.165, 1.54) is 11.1 Å². The summed E-state index contributed by atoms with van der Waals surface area (Å²) in [5.41, 5.74) is 4.63. The van der Waals surface area contributed by atoms with Crippen LogP contribution in [0.25, 0.3) is 0 Å². The summed E-state index contributed by atoms with van der Waals surface area (Å²) in [6.07, 6.45) is 1.68. The molecule has 0 spiro atoms. The molecule has 2 aromatic carbocycles. The second kappa shape index (κ2) is 11.1. The third kappa shape index (κ3) is 5.96. The Bertz CT molecular complexity index is 1050. The van der Waals surface area contributed by atoms with E-state index in [0.29, 0.717) is 19.7 Å². The topological polar surface area (TPSA) is 58.6 Å². The van der Waals surface area contributed by atoms with Gasteiger partial charge in [-0.25, -0.2) is 9.97 Å². The standard InChI is InChI=1S/C27H32N4O2/c1-3-25-24(18-22-10-6-4-7-11-22)27(29-21(2)28-25)31-16-14-30(15-17-31)26(32)20-33-19-23-12-8-5-9-13-23/h4-13H,3,14-20H2,1-2H3. The number of carbonyl (C=O) groups excluding carboxylic acids is 1. The summed E-state index contributed by atoms with van der Waals surface area (Å²) in [7, 11) is 0. The molecule has 0 radical (unpaired) electrons. The van der Waals surface area contributed by atoms with Crippen molar-refractivity contribution in [2.24, 2.45) is 0 Å². The van der Waals surface area contributed by atoms with Crippen LogP contribution in [-0.2, 0) is 29.0 Å². The number of carbonyl (C=O) groups is 1. The number of aromatic nitrogens is 2. The van der Waals surface area contributed by atoms with E-state index in [2.05, 4.69) is 36.1 Å². The van der Waals surface area contributed by atoms with Crippen molar-refractivity contribution in [3.63, 3.8) is 0 Å². The van der Waals surface area contributed by atoms with Crippen LogP contribution in [0, 0.1) is 6.92 Å². The van der Waals surface area contributed by atoms with Crippen molar-refractivity contribution in [1.82, 2.24) is 14.9 Å². The van der Waals surface area contributed by atoms with Crippen molar-refractivity contribution in [1.29, 1.82) is 0 Å². The summed E-state index contributed by atoms with van der Waals surface area (Å²) in [6, 6.07) is 20.4. The molecule has 1 aliphatic rings. The Kier molecular flexibility index (Phi) is 7.68. The minimum Gasteiger partial charge on any atom is -0.367 e. The van der Waals surface area contributed by atoms with Gasteiger partial charge in [0.25, 0.3) is 0 Å². The Labute approximate surface area is 196 Å². The highest BCUT2D eigenvalue weighted by molar-refractivity contribution is 5.77. The largest absolute Gasteiger partial charge is 0.367 e. The van der Waals surface area contributed by atoms with Crippen molar-refractivity contribution in [3.05, 3.63) is 88.9 Å². The van der Waals surface area contributed by atoms with Gasteiger partial charge in [0.15, 0.2) is 0 Å². The Morgan fingerprint density at radius 2 is 1.55 bits per heavy atom. The number of piperazine rings is 1. The summed E-state index contributed by atoms with van der Waals surface area (Å²) in [5.74, 6) is 1.85. The number of anilines is 1. The molecule has 6 nitrogen and oxygen atoms in total. The maximum absolute atomic E-state index is 12.7. The molecule has 0 aliphatic carbocycles. The number of hydrogen-bond acceptors (Lipinski definition) is 5. The highest BCUT2D eigenvalue weighted by atomic mass is 16.5. The molecule has 0 N–H and O–H groups in total. The van der Waals surface area contributed by atoms with E-state index >= 15 is 0 Å². The number of rotatable bonds is 8. The lowest BCUT2D eigenvalue weighted by Gasteiger charge is -2.36. The second-order valence-electron chi connectivity index (χ2n) is 8.38. The first-order chi connectivity index (χ1) is 16.1. The lowest BCUT2D eigenvalue weighted by Crippen LogP contribution is -2.50. The van der Waals surface area contributed by atoms with Crippen molar-refractivity contribution >= 4 is 11.7 Å². The fourth-order valence-corrected chi connectivity index (χ4v) is 4.26. The number of aryl methyl sites for hydroxylation is 2. The van der Waals surface area contributed by atoms with Crippen LogP contribution in [0.2, 0.25) is 0 Å². The van der Waals surface area contributed by atoms with Crippen LogP contribution in [-0.4, -0.2) is 53.6 Å². The summed E-state index contributed by atoms with van der Waals surface area (Å²) in [5, 5.41) is 0. The van der Waals surface area contributed by atoms with Gasteiger partial charge in [-0.15, -0.1) is 0 Å². The molecule has 1 amide bonds. The number of benzene rings is 2. The van der Waals surface area contributed by atoms with Crippen LogP contribution in [0.5, 0.6) is 0 Å². The quantitative estimate of drug-likeness (QED) is 0.529. The zero-order chi connectivity index (χ0) is 23.0. The van der Waals surface area contributed by atoms with Crippen molar-refractivity contribution in [2.45, 2.75) is 33.3 Å². The van der Waals surface area contributed by atoms with E-state index in [-0.39, 0.29) is 12.5 Å². The molecule has 6 heteroatoms. The fourth-order valence-electron chi connectivity index (χ4n) is 4.26. The van der Waals surface area contributed by atoms with Crippen LogP contribution in [0.4, 0.5) is 5.82 Å². The first-order valence-electron chi connectivity index (χ1n) is 11.7. The third-order valence-electron chi connectivity index (χ3n) is 6.01. The van der Waals surface area contributed by atoms with Gasteiger partial charge in [-0.05, 0) is 24.5 Å². The first-order valence-corrected chi connectivity index (χ1v) is 11.7. The lowest BCUT2D eigenvalue weighted by molar-refractivity contribution is -0.136. The average molecular weight is 445 g/mol. The molecule has 0 bridgehead atoms. The van der Waals surface area contributed by atoms with E-state index in [0.717, 1.165) is 48.8 Å². The molecule has 0 atom stereocenters. The zero-order valence-electron chi connectivity index (χ0n) is 19.5. The van der Waals surface area contributed by atoms with E-state index in [9.17, 15) is 4.79 Å². The van der Waals surface area contributed by atoms with Crippen LogP contribution in [0.1, 0.15) is 35.1 Å². The van der Waals surface area contributed by atoms with Gasteiger partial charge in [-0.3, -0.25) is 4.79 Å². The summed E-state index contributed by atoms with van der Waals surface area (Å²) in [6.45, 7) is 7.52. The lowest BCUT2D eigenvalue weighted by atomic mass is 10.0. The maximum Gasteiger partial charge on any atom is 0.248 e. The minimum absolute atomic E-state index is 0.0446. The summed E-state index contributed by atoms with van der Waals surface area (Å²) in [4.78, 5) is 26.4. The average Bonchev–Trinajstić information content (AvgIpc) is 2.86. The Morgan fingerprint density at radius 3 is 2.18 bits per heavy atom. The van der Waals surface area contributed by atoms with Gasteiger partial charge >= 0.3 is 0 Å². The number of hydrogen-bond donors (Lipinski definition) is 0. The SMILES string of the molecule is CCc1nc(C)nc(N2CCN(C(=O)COCc3ccccc3)CC2)c1Cc1ccccc1. The Balaban J connectivity index is 1.39. The molecule has 0 unspecified atom stereocenters. The summed E-state index contributed by atoms with van der Waals surface area (Å²) >= 11 is 0. The normalized spacial score (nSPS) is 13.9. The molecule has 1 saturated heterocycles. The van der Waals surface area contributed by atoms with Crippen LogP contribution in [0.15, 0.2) is 60.7 Å². The predicted molar refractivity (Wildman–Crippen MR) is 130 cm³/mol. The minimum atomic E-state index is 0.0446. The molecule has 2 heterocycles. The monoisotopic (exact) mass is 444 g/mol. The Hall–Kier alpha value is -3.25. The number of nitrogens with zero attached hydrogens (tertiary/aromatic N) is 4. The molecule has 3 aromatic rings. The zero-order valence-corrected chi connectivity index (χ0v) is 19.5. The van der Waals surface area contributed by atoms with E-state index in [4.69, 9.17) is 14.7 Å². The van der Waals surface area contributed by atoms with Gasteiger partial charge < -0.3 is 14.5 Å². The van der Waals surface area contributed by atoms with E-state index in [1.807, 2.05) is 48.2 Å². The van der Waals surface area contributed by atoms with Crippen LogP contribution in [0.3, 0.4) is 0 Å². The smallest absolute Gasteiger partial charge is 0.248 e. The third-order valence-corrected chi connectivity index (χ3v) is 6.01. The number of amides is 1. The highest BCUT2D eigenvalue weighted by Crippen LogP contribution is 2.26. The van der Waals surface area contributed by atoms with Crippen molar-refractivity contribution in [2.75, 3.05) is 37.7 Å². The molecule has 172 valence electrons. The molecule has 0 saturated carbocycles. The van der Waals surface area contributed by atoms with Gasteiger partial charge in [0.2, 0.25) is 5.91 Å². The van der Waals surface area contributed by atoms with Gasteiger partial charge in [0, 0.05) is 43.9 Å². The molecule has 4 rings (SSSR count). The van der Waals surface area contributed by atoms with Gasteiger partial charge in [-0.2, -0.15) is 0 Å². The fraction of sp³-hybridized carbons (Fsp3) is 0.370. The molecule has 1 aromatic heterocycles. The van der Waals surface area contributed by atoms with Crippen LogP contribution < -0.4 is 4.90 Å². The van der Waals surface area contributed by atoms with Crippen molar-refractivity contribution < 1.29 is 9.53 Å². The molecule has 33 heavy (non-hydrogen) atoms. The van der Waals surface area contributed by atoms with Gasteiger partial charge in [-0.1, -0.05) is 67.6 Å². The van der Waals surface area contributed by atoms with Crippen molar-refractivity contribution in [3.8, 4) is 0 Å². The molecule has 1 fully saturated rings. The molecular formula is C27H32N4O2. The Morgan fingerprint density at radius 1 is 0.909 bits per heavy atom.